The highest BCUT2D eigenvalue weighted by Gasteiger charge is 2.06. The van der Waals surface area contributed by atoms with E-state index in [0.29, 0.717) is 0 Å². The van der Waals surface area contributed by atoms with Crippen LogP contribution in [0.1, 0.15) is 26.7 Å². The van der Waals surface area contributed by atoms with E-state index in [4.69, 9.17) is 4.74 Å². The topological polar surface area (TPSA) is 24.5 Å². The van der Waals surface area contributed by atoms with E-state index in [1.165, 1.54) is 19.4 Å². The third-order valence-corrected chi connectivity index (χ3v) is 2.88. The SMILES string of the molecule is CCC(CC)CN(C)CCNCCOC. The summed E-state index contributed by atoms with van der Waals surface area (Å²) in [4.78, 5) is 2.41. The summed E-state index contributed by atoms with van der Waals surface area (Å²) in [7, 11) is 3.94. The van der Waals surface area contributed by atoms with E-state index in [1.54, 1.807) is 7.11 Å². The van der Waals surface area contributed by atoms with Crippen LogP contribution in [-0.2, 0) is 4.74 Å². The highest BCUT2D eigenvalue weighted by atomic mass is 16.5. The van der Waals surface area contributed by atoms with Crippen molar-refractivity contribution in [1.82, 2.24) is 10.2 Å². The number of hydrogen-bond donors (Lipinski definition) is 1. The number of nitrogens with one attached hydrogen (secondary N) is 1. The first-order valence-corrected chi connectivity index (χ1v) is 6.12. The molecular weight excluding hydrogens is 188 g/mol. The summed E-state index contributed by atoms with van der Waals surface area (Å²) < 4.78 is 4.97. The fraction of sp³-hybridized carbons (Fsp3) is 1.00. The molecule has 0 radical (unpaired) electrons. The predicted molar refractivity (Wildman–Crippen MR) is 66.3 cm³/mol. The van der Waals surface area contributed by atoms with Crippen molar-refractivity contribution in [2.24, 2.45) is 5.92 Å². The average molecular weight is 216 g/mol. The Morgan fingerprint density at radius 1 is 1.20 bits per heavy atom. The van der Waals surface area contributed by atoms with E-state index in [1.807, 2.05) is 0 Å². The number of hydrogen-bond acceptors (Lipinski definition) is 3. The molecule has 1 N–H and O–H groups in total. The van der Waals surface area contributed by atoms with Crippen molar-refractivity contribution >= 4 is 0 Å². The first kappa shape index (κ1) is 14.9. The molecule has 0 aliphatic carbocycles. The summed E-state index contributed by atoms with van der Waals surface area (Å²) in [5, 5.41) is 3.36. The Labute approximate surface area is 95.2 Å². The van der Waals surface area contributed by atoms with Gasteiger partial charge >= 0.3 is 0 Å². The normalized spacial score (nSPS) is 11.6. The highest BCUT2D eigenvalue weighted by molar-refractivity contribution is 4.61. The molecule has 3 nitrogen and oxygen atoms in total. The molecule has 0 rings (SSSR count). The molecule has 0 heterocycles. The lowest BCUT2D eigenvalue weighted by molar-refractivity contribution is 0.196. The third-order valence-electron chi connectivity index (χ3n) is 2.88. The zero-order chi connectivity index (χ0) is 11.5. The monoisotopic (exact) mass is 216 g/mol. The molecule has 0 amide bonds. The Hall–Kier alpha value is -0.120. The number of likely N-dealkylation sites (N-methyl/N-ethyl adjacent to an activating group) is 1. The van der Waals surface area contributed by atoms with Crippen LogP contribution in [0.3, 0.4) is 0 Å². The minimum atomic E-state index is 0.802. The molecule has 15 heavy (non-hydrogen) atoms. The van der Waals surface area contributed by atoms with E-state index < -0.39 is 0 Å². The molecule has 0 bridgehead atoms. The zero-order valence-electron chi connectivity index (χ0n) is 10.9. The first-order valence-electron chi connectivity index (χ1n) is 6.12. The van der Waals surface area contributed by atoms with Gasteiger partial charge in [-0.2, -0.15) is 0 Å². The van der Waals surface area contributed by atoms with E-state index in [2.05, 4.69) is 31.1 Å². The summed E-state index contributed by atoms with van der Waals surface area (Å²) in [5.41, 5.74) is 0. The second-order valence-corrected chi connectivity index (χ2v) is 4.19. The lowest BCUT2D eigenvalue weighted by atomic mass is 10.0. The standard InChI is InChI=1S/C12H28N2O/c1-5-12(6-2)11-14(3)9-7-13-8-10-15-4/h12-13H,5-11H2,1-4H3. The van der Waals surface area contributed by atoms with Gasteiger partial charge in [0.2, 0.25) is 0 Å². The lowest BCUT2D eigenvalue weighted by Gasteiger charge is -2.22. The highest BCUT2D eigenvalue weighted by Crippen LogP contribution is 2.08. The molecule has 0 unspecified atom stereocenters. The van der Waals surface area contributed by atoms with Crippen LogP contribution in [0.25, 0.3) is 0 Å². The molecule has 0 aliphatic rings. The maximum Gasteiger partial charge on any atom is 0.0587 e. The summed E-state index contributed by atoms with van der Waals surface area (Å²) in [6, 6.07) is 0. The molecule has 92 valence electrons. The van der Waals surface area contributed by atoms with E-state index in [-0.39, 0.29) is 0 Å². The van der Waals surface area contributed by atoms with Gasteiger partial charge in [-0.25, -0.2) is 0 Å². The minimum Gasteiger partial charge on any atom is -0.383 e. The van der Waals surface area contributed by atoms with Crippen molar-refractivity contribution in [2.75, 3.05) is 46.9 Å². The van der Waals surface area contributed by atoms with Gasteiger partial charge in [0.25, 0.3) is 0 Å². The lowest BCUT2D eigenvalue weighted by Crippen LogP contribution is -2.33. The van der Waals surface area contributed by atoms with Gasteiger partial charge in [-0.15, -0.1) is 0 Å². The maximum absolute atomic E-state index is 4.97. The molecule has 0 aromatic rings. The van der Waals surface area contributed by atoms with Crippen molar-refractivity contribution in [3.8, 4) is 0 Å². The quantitative estimate of drug-likeness (QED) is 0.561. The van der Waals surface area contributed by atoms with Crippen molar-refractivity contribution < 1.29 is 4.74 Å². The summed E-state index contributed by atoms with van der Waals surface area (Å²) in [6.07, 6.45) is 2.58. The number of methoxy groups -OCH3 is 1. The van der Waals surface area contributed by atoms with Crippen LogP contribution in [0.2, 0.25) is 0 Å². The van der Waals surface area contributed by atoms with Gasteiger partial charge in [0, 0.05) is 33.3 Å². The molecule has 0 atom stereocenters. The Morgan fingerprint density at radius 3 is 2.40 bits per heavy atom. The van der Waals surface area contributed by atoms with Gasteiger partial charge in [-0.3, -0.25) is 0 Å². The van der Waals surface area contributed by atoms with Crippen LogP contribution in [-0.4, -0.2) is 51.8 Å². The molecule has 0 saturated carbocycles. The van der Waals surface area contributed by atoms with E-state index >= 15 is 0 Å². The van der Waals surface area contributed by atoms with Gasteiger partial charge in [-0.05, 0) is 13.0 Å². The summed E-state index contributed by atoms with van der Waals surface area (Å²) >= 11 is 0. The molecule has 0 fully saturated rings. The van der Waals surface area contributed by atoms with Crippen molar-refractivity contribution in [1.29, 1.82) is 0 Å². The van der Waals surface area contributed by atoms with Crippen LogP contribution in [0.4, 0.5) is 0 Å². The second kappa shape index (κ2) is 10.4. The molecule has 0 aromatic heterocycles. The van der Waals surface area contributed by atoms with Gasteiger partial charge in [-0.1, -0.05) is 26.7 Å². The Bertz CT molecular complexity index is 127. The first-order chi connectivity index (χ1) is 7.24. The number of rotatable bonds is 10. The van der Waals surface area contributed by atoms with Crippen LogP contribution in [0, 0.1) is 5.92 Å². The second-order valence-electron chi connectivity index (χ2n) is 4.19. The largest absolute Gasteiger partial charge is 0.383 e. The fourth-order valence-electron chi connectivity index (χ4n) is 1.65. The predicted octanol–water partition coefficient (Wildman–Crippen LogP) is 1.59. The third kappa shape index (κ3) is 8.85. The average Bonchev–Trinajstić information content (AvgIpc) is 2.25. The van der Waals surface area contributed by atoms with Crippen molar-refractivity contribution in [2.45, 2.75) is 26.7 Å². The molecule has 3 heteroatoms. The molecular formula is C12H28N2O. The van der Waals surface area contributed by atoms with Gasteiger partial charge in [0.05, 0.1) is 6.61 Å². The zero-order valence-corrected chi connectivity index (χ0v) is 10.9. The summed E-state index contributed by atoms with van der Waals surface area (Å²) in [5.74, 6) is 0.856. The van der Waals surface area contributed by atoms with Crippen LogP contribution in [0.5, 0.6) is 0 Å². The van der Waals surface area contributed by atoms with Crippen LogP contribution >= 0.6 is 0 Å². The van der Waals surface area contributed by atoms with E-state index in [9.17, 15) is 0 Å². The van der Waals surface area contributed by atoms with Gasteiger partial charge in [0.15, 0.2) is 0 Å². The smallest absolute Gasteiger partial charge is 0.0587 e. The molecule has 0 aromatic carbocycles. The number of ether oxygens (including phenoxy) is 1. The Morgan fingerprint density at radius 2 is 1.87 bits per heavy atom. The number of nitrogens with zero attached hydrogens (tertiary/aromatic N) is 1. The molecule has 0 spiro atoms. The van der Waals surface area contributed by atoms with Crippen molar-refractivity contribution in [3.63, 3.8) is 0 Å². The summed E-state index contributed by atoms with van der Waals surface area (Å²) in [6.45, 7) is 9.71. The van der Waals surface area contributed by atoms with Gasteiger partial charge in [0.1, 0.15) is 0 Å². The Balaban J connectivity index is 3.35. The minimum absolute atomic E-state index is 0.802. The van der Waals surface area contributed by atoms with Gasteiger partial charge < -0.3 is 15.0 Å². The van der Waals surface area contributed by atoms with Crippen LogP contribution < -0.4 is 5.32 Å². The van der Waals surface area contributed by atoms with E-state index in [0.717, 1.165) is 32.2 Å². The molecule has 0 saturated heterocycles. The van der Waals surface area contributed by atoms with Crippen LogP contribution in [0.15, 0.2) is 0 Å². The fourth-order valence-corrected chi connectivity index (χ4v) is 1.65. The Kier molecular flexibility index (Phi) is 10.3. The van der Waals surface area contributed by atoms with Crippen molar-refractivity contribution in [3.05, 3.63) is 0 Å². The molecule has 0 aliphatic heterocycles. The maximum atomic E-state index is 4.97.